The second-order valence-electron chi connectivity index (χ2n) is 4.99. The van der Waals surface area contributed by atoms with Crippen LogP contribution < -0.4 is 11.1 Å². The number of nitrogens with zero attached hydrogens (tertiary/aromatic N) is 2. The normalized spacial score (nSPS) is 16.7. The van der Waals surface area contributed by atoms with Gasteiger partial charge in [-0.2, -0.15) is 0 Å². The molecule has 21 heavy (non-hydrogen) atoms. The number of hydrogen-bond donors (Lipinski definition) is 2. The first-order valence-electron chi connectivity index (χ1n) is 6.58. The van der Waals surface area contributed by atoms with Crippen LogP contribution in [0.3, 0.4) is 0 Å². The number of nitrogens with two attached hydrogens (primary N) is 1. The van der Waals surface area contributed by atoms with Gasteiger partial charge in [-0.25, -0.2) is 4.98 Å². The number of carbonyl (C=O) groups is 2. The van der Waals surface area contributed by atoms with Gasteiger partial charge in [0, 0.05) is 24.7 Å². The summed E-state index contributed by atoms with van der Waals surface area (Å²) in [6.45, 7) is 1.72. The molecule has 1 aromatic rings. The van der Waals surface area contributed by atoms with E-state index in [0.29, 0.717) is 5.56 Å². The summed E-state index contributed by atoms with van der Waals surface area (Å²) in [5.41, 5.74) is 5.55. The van der Waals surface area contributed by atoms with Crippen LogP contribution in [-0.2, 0) is 4.79 Å². The van der Waals surface area contributed by atoms with Crippen LogP contribution in [0.2, 0.25) is 10.3 Å². The molecule has 0 spiro atoms. The zero-order valence-corrected chi connectivity index (χ0v) is 12.8. The maximum Gasteiger partial charge on any atom is 0.251 e. The zero-order valence-electron chi connectivity index (χ0n) is 11.3. The van der Waals surface area contributed by atoms with E-state index < -0.39 is 0 Å². The number of hydrogen-bond acceptors (Lipinski definition) is 4. The van der Waals surface area contributed by atoms with Gasteiger partial charge < -0.3 is 11.1 Å². The molecule has 2 heterocycles. The summed E-state index contributed by atoms with van der Waals surface area (Å²) in [4.78, 5) is 28.8. The third-order valence-corrected chi connectivity index (χ3v) is 3.71. The predicted octanol–water partition coefficient (Wildman–Crippen LogP) is 1.07. The fourth-order valence-electron chi connectivity index (χ4n) is 2.32. The van der Waals surface area contributed by atoms with Gasteiger partial charge in [-0.1, -0.05) is 23.2 Å². The van der Waals surface area contributed by atoms with Crippen molar-refractivity contribution in [2.24, 2.45) is 5.73 Å². The molecule has 0 bridgehead atoms. The minimum atomic E-state index is -0.335. The molecule has 0 aromatic carbocycles. The number of primary amides is 1. The Labute approximate surface area is 132 Å². The lowest BCUT2D eigenvalue weighted by Crippen LogP contribution is -2.46. The van der Waals surface area contributed by atoms with Gasteiger partial charge >= 0.3 is 0 Å². The number of piperidine rings is 1. The van der Waals surface area contributed by atoms with Crippen LogP contribution in [0.15, 0.2) is 12.1 Å². The summed E-state index contributed by atoms with van der Waals surface area (Å²) in [5, 5.41) is 3.31. The molecule has 0 aliphatic carbocycles. The molecule has 3 N–H and O–H groups in total. The molecule has 1 aliphatic heterocycles. The minimum Gasteiger partial charge on any atom is -0.369 e. The Morgan fingerprint density at radius 2 is 1.86 bits per heavy atom. The maximum absolute atomic E-state index is 12.1. The Bertz CT molecular complexity index is 525. The zero-order chi connectivity index (χ0) is 15.4. The lowest BCUT2D eigenvalue weighted by Gasteiger charge is -2.31. The van der Waals surface area contributed by atoms with E-state index in [4.69, 9.17) is 28.9 Å². The van der Waals surface area contributed by atoms with E-state index >= 15 is 0 Å². The molecule has 1 aliphatic rings. The molecule has 8 heteroatoms. The van der Waals surface area contributed by atoms with Crippen molar-refractivity contribution in [1.29, 1.82) is 0 Å². The first-order chi connectivity index (χ1) is 9.94. The van der Waals surface area contributed by atoms with Gasteiger partial charge in [0.2, 0.25) is 5.91 Å². The summed E-state index contributed by atoms with van der Waals surface area (Å²) in [6, 6.07) is 3.02. The highest BCUT2D eigenvalue weighted by Crippen LogP contribution is 2.16. The van der Waals surface area contributed by atoms with Crippen molar-refractivity contribution >= 4 is 35.0 Å². The quantitative estimate of drug-likeness (QED) is 0.808. The third-order valence-electron chi connectivity index (χ3n) is 3.33. The van der Waals surface area contributed by atoms with Crippen molar-refractivity contribution < 1.29 is 9.59 Å². The highest BCUT2D eigenvalue weighted by atomic mass is 35.5. The Hall–Kier alpha value is -1.37. The van der Waals surface area contributed by atoms with Gasteiger partial charge in [0.1, 0.15) is 10.3 Å². The van der Waals surface area contributed by atoms with Crippen molar-refractivity contribution in [3.63, 3.8) is 0 Å². The van der Waals surface area contributed by atoms with Gasteiger partial charge in [-0.3, -0.25) is 14.5 Å². The Balaban J connectivity index is 1.88. The Kier molecular flexibility index (Phi) is 5.39. The maximum atomic E-state index is 12.1. The lowest BCUT2D eigenvalue weighted by molar-refractivity contribution is -0.119. The van der Waals surface area contributed by atoms with Crippen LogP contribution in [-0.4, -0.2) is 47.4 Å². The summed E-state index contributed by atoms with van der Waals surface area (Å²) in [7, 11) is 0. The van der Waals surface area contributed by atoms with E-state index in [1.54, 1.807) is 0 Å². The van der Waals surface area contributed by atoms with E-state index in [0.717, 1.165) is 25.9 Å². The topological polar surface area (TPSA) is 88.3 Å². The molecule has 0 radical (unpaired) electrons. The fraction of sp³-hybridized carbons (Fsp3) is 0.462. The highest BCUT2D eigenvalue weighted by molar-refractivity contribution is 6.33. The first kappa shape index (κ1) is 16.0. The van der Waals surface area contributed by atoms with E-state index in [1.165, 1.54) is 12.1 Å². The van der Waals surface area contributed by atoms with Crippen molar-refractivity contribution in [2.45, 2.75) is 18.9 Å². The SMILES string of the molecule is NC(=O)CN1CCC(NC(=O)c2cc(Cl)nc(Cl)c2)CC1. The summed E-state index contributed by atoms with van der Waals surface area (Å²) in [6.07, 6.45) is 1.54. The summed E-state index contributed by atoms with van der Waals surface area (Å²) in [5.74, 6) is -0.562. The number of nitrogens with one attached hydrogen (secondary N) is 1. The second kappa shape index (κ2) is 7.06. The predicted molar refractivity (Wildman–Crippen MR) is 80.4 cm³/mol. The number of pyridine rings is 1. The number of amides is 2. The smallest absolute Gasteiger partial charge is 0.251 e. The van der Waals surface area contributed by atoms with Crippen LogP contribution in [0.4, 0.5) is 0 Å². The lowest BCUT2D eigenvalue weighted by atomic mass is 10.0. The van der Waals surface area contributed by atoms with Crippen molar-refractivity contribution in [3.05, 3.63) is 28.0 Å². The van der Waals surface area contributed by atoms with Gasteiger partial charge in [0.25, 0.3) is 5.91 Å². The molecule has 1 saturated heterocycles. The minimum absolute atomic E-state index is 0.0624. The van der Waals surface area contributed by atoms with Gasteiger partial charge in [0.05, 0.1) is 6.54 Å². The molecule has 1 aromatic heterocycles. The van der Waals surface area contributed by atoms with Crippen molar-refractivity contribution in [2.75, 3.05) is 19.6 Å². The van der Waals surface area contributed by atoms with Crippen molar-refractivity contribution in [3.8, 4) is 0 Å². The molecule has 0 atom stereocenters. The largest absolute Gasteiger partial charge is 0.369 e. The fourth-order valence-corrected chi connectivity index (χ4v) is 2.78. The standard InChI is InChI=1S/C13H16Cl2N4O2/c14-10-5-8(6-11(15)18-10)13(21)17-9-1-3-19(4-2-9)7-12(16)20/h5-6,9H,1-4,7H2,(H2,16,20)(H,17,21). The molecular weight excluding hydrogens is 315 g/mol. The van der Waals surface area contributed by atoms with Crippen LogP contribution in [0.1, 0.15) is 23.2 Å². The van der Waals surface area contributed by atoms with E-state index in [1.807, 2.05) is 4.90 Å². The van der Waals surface area contributed by atoms with Gasteiger partial charge in [-0.15, -0.1) is 0 Å². The van der Waals surface area contributed by atoms with Gasteiger partial charge in [-0.05, 0) is 25.0 Å². The number of aromatic nitrogens is 1. The molecular formula is C13H16Cl2N4O2. The Morgan fingerprint density at radius 1 is 1.29 bits per heavy atom. The molecule has 114 valence electrons. The number of likely N-dealkylation sites (tertiary alicyclic amines) is 1. The van der Waals surface area contributed by atoms with E-state index in [9.17, 15) is 9.59 Å². The number of rotatable bonds is 4. The number of halogens is 2. The van der Waals surface area contributed by atoms with Crippen LogP contribution >= 0.6 is 23.2 Å². The second-order valence-corrected chi connectivity index (χ2v) is 5.77. The van der Waals surface area contributed by atoms with Crippen LogP contribution in [0.25, 0.3) is 0 Å². The summed E-state index contributed by atoms with van der Waals surface area (Å²) < 4.78 is 0. The molecule has 6 nitrogen and oxygen atoms in total. The van der Waals surface area contributed by atoms with E-state index in [2.05, 4.69) is 10.3 Å². The Morgan fingerprint density at radius 3 is 2.38 bits per heavy atom. The highest BCUT2D eigenvalue weighted by Gasteiger charge is 2.22. The van der Waals surface area contributed by atoms with E-state index in [-0.39, 0.29) is 34.7 Å². The molecule has 0 saturated carbocycles. The van der Waals surface area contributed by atoms with Crippen LogP contribution in [0, 0.1) is 0 Å². The van der Waals surface area contributed by atoms with Gasteiger partial charge in [0.15, 0.2) is 0 Å². The molecule has 0 unspecified atom stereocenters. The third kappa shape index (κ3) is 4.84. The van der Waals surface area contributed by atoms with Crippen LogP contribution in [0.5, 0.6) is 0 Å². The molecule has 2 amide bonds. The summed E-state index contributed by atoms with van der Waals surface area (Å²) >= 11 is 11.6. The van der Waals surface area contributed by atoms with Crippen molar-refractivity contribution in [1.82, 2.24) is 15.2 Å². The monoisotopic (exact) mass is 330 g/mol. The average molecular weight is 331 g/mol. The first-order valence-corrected chi connectivity index (χ1v) is 7.34. The number of carbonyl (C=O) groups excluding carboxylic acids is 2. The molecule has 2 rings (SSSR count). The average Bonchev–Trinajstić information content (AvgIpc) is 2.39. The molecule has 1 fully saturated rings.